The lowest BCUT2D eigenvalue weighted by Gasteiger charge is -2.10. The standard InChI is InChI=1S/C9H18N4/c1-3-6-13-7-11-12-9(13)8(2)4-5-10/h7-8H,3-6,10H2,1-2H3. The molecular formula is C9H18N4. The van der Waals surface area contributed by atoms with E-state index in [1.165, 1.54) is 0 Å². The van der Waals surface area contributed by atoms with Crippen LogP contribution in [0.2, 0.25) is 0 Å². The fraction of sp³-hybridized carbons (Fsp3) is 0.778. The van der Waals surface area contributed by atoms with Crippen molar-refractivity contribution in [3.63, 3.8) is 0 Å². The third kappa shape index (κ3) is 2.52. The van der Waals surface area contributed by atoms with Gasteiger partial charge in [-0.05, 0) is 19.4 Å². The molecule has 1 aromatic rings. The first kappa shape index (κ1) is 10.2. The van der Waals surface area contributed by atoms with Gasteiger partial charge in [0.15, 0.2) is 0 Å². The summed E-state index contributed by atoms with van der Waals surface area (Å²) in [6.07, 6.45) is 3.88. The minimum absolute atomic E-state index is 0.416. The highest BCUT2D eigenvalue weighted by Crippen LogP contribution is 2.15. The monoisotopic (exact) mass is 182 g/mol. The Labute approximate surface area is 79.2 Å². The molecule has 0 aliphatic carbocycles. The zero-order chi connectivity index (χ0) is 9.68. The third-order valence-electron chi connectivity index (χ3n) is 2.15. The van der Waals surface area contributed by atoms with Gasteiger partial charge in [0.2, 0.25) is 0 Å². The van der Waals surface area contributed by atoms with Gasteiger partial charge in [-0.1, -0.05) is 13.8 Å². The topological polar surface area (TPSA) is 56.7 Å². The van der Waals surface area contributed by atoms with Crippen molar-refractivity contribution in [2.75, 3.05) is 6.54 Å². The van der Waals surface area contributed by atoms with E-state index in [4.69, 9.17) is 5.73 Å². The first-order valence-corrected chi connectivity index (χ1v) is 4.87. The Bertz CT molecular complexity index is 244. The van der Waals surface area contributed by atoms with E-state index in [-0.39, 0.29) is 0 Å². The zero-order valence-corrected chi connectivity index (χ0v) is 8.40. The summed E-state index contributed by atoms with van der Waals surface area (Å²) in [5.41, 5.74) is 5.50. The molecule has 13 heavy (non-hydrogen) atoms. The number of aromatic nitrogens is 3. The highest BCUT2D eigenvalue weighted by Gasteiger charge is 2.11. The molecule has 0 aliphatic heterocycles. The lowest BCUT2D eigenvalue weighted by atomic mass is 10.1. The molecule has 74 valence electrons. The van der Waals surface area contributed by atoms with Gasteiger partial charge in [0.1, 0.15) is 12.2 Å². The van der Waals surface area contributed by atoms with Crippen LogP contribution in [0.5, 0.6) is 0 Å². The van der Waals surface area contributed by atoms with E-state index in [9.17, 15) is 0 Å². The van der Waals surface area contributed by atoms with Crippen LogP contribution in [0.15, 0.2) is 6.33 Å². The van der Waals surface area contributed by atoms with Crippen LogP contribution in [-0.4, -0.2) is 21.3 Å². The Morgan fingerprint density at radius 3 is 3.00 bits per heavy atom. The fourth-order valence-corrected chi connectivity index (χ4v) is 1.44. The predicted molar refractivity (Wildman–Crippen MR) is 52.4 cm³/mol. The number of nitrogens with zero attached hydrogens (tertiary/aromatic N) is 3. The molecular weight excluding hydrogens is 164 g/mol. The summed E-state index contributed by atoms with van der Waals surface area (Å²) in [4.78, 5) is 0. The van der Waals surface area contributed by atoms with Crippen molar-refractivity contribution in [2.45, 2.75) is 39.2 Å². The molecule has 0 bridgehead atoms. The van der Waals surface area contributed by atoms with E-state index in [0.717, 1.165) is 25.2 Å². The van der Waals surface area contributed by atoms with Gasteiger partial charge in [-0.3, -0.25) is 0 Å². The molecule has 1 unspecified atom stereocenters. The number of aryl methyl sites for hydroxylation is 1. The highest BCUT2D eigenvalue weighted by atomic mass is 15.3. The van der Waals surface area contributed by atoms with Crippen molar-refractivity contribution in [1.82, 2.24) is 14.8 Å². The normalized spacial score (nSPS) is 13.2. The van der Waals surface area contributed by atoms with Gasteiger partial charge in [-0.25, -0.2) is 0 Å². The molecule has 0 saturated carbocycles. The molecule has 0 saturated heterocycles. The Hall–Kier alpha value is -0.900. The molecule has 0 spiro atoms. The first-order chi connectivity index (χ1) is 6.29. The fourth-order valence-electron chi connectivity index (χ4n) is 1.44. The molecule has 2 N–H and O–H groups in total. The molecule has 1 atom stereocenters. The van der Waals surface area contributed by atoms with E-state index in [1.54, 1.807) is 6.33 Å². The van der Waals surface area contributed by atoms with E-state index in [2.05, 4.69) is 28.6 Å². The highest BCUT2D eigenvalue weighted by molar-refractivity contribution is 4.94. The Balaban J connectivity index is 2.68. The maximum atomic E-state index is 5.50. The third-order valence-corrected chi connectivity index (χ3v) is 2.15. The molecule has 0 amide bonds. The summed E-state index contributed by atoms with van der Waals surface area (Å²) in [6.45, 7) is 6.00. The van der Waals surface area contributed by atoms with Crippen molar-refractivity contribution >= 4 is 0 Å². The largest absolute Gasteiger partial charge is 0.330 e. The number of nitrogens with two attached hydrogens (primary N) is 1. The SMILES string of the molecule is CCCn1cnnc1C(C)CCN. The van der Waals surface area contributed by atoms with Crippen LogP contribution in [0.4, 0.5) is 0 Å². The van der Waals surface area contributed by atoms with Gasteiger partial charge in [-0.2, -0.15) is 0 Å². The van der Waals surface area contributed by atoms with Crippen LogP contribution in [0.3, 0.4) is 0 Å². The van der Waals surface area contributed by atoms with Crippen LogP contribution in [0, 0.1) is 0 Å². The lowest BCUT2D eigenvalue weighted by Crippen LogP contribution is -2.10. The second-order valence-electron chi connectivity index (χ2n) is 3.36. The Kier molecular flexibility index (Phi) is 3.89. The van der Waals surface area contributed by atoms with Crippen molar-refractivity contribution in [2.24, 2.45) is 5.73 Å². The zero-order valence-electron chi connectivity index (χ0n) is 8.40. The van der Waals surface area contributed by atoms with Crippen molar-refractivity contribution in [3.05, 3.63) is 12.2 Å². The van der Waals surface area contributed by atoms with Crippen molar-refractivity contribution in [1.29, 1.82) is 0 Å². The van der Waals surface area contributed by atoms with Gasteiger partial charge in [0.25, 0.3) is 0 Å². The minimum Gasteiger partial charge on any atom is -0.330 e. The average molecular weight is 182 g/mol. The maximum absolute atomic E-state index is 5.50. The van der Waals surface area contributed by atoms with Crippen LogP contribution in [0.1, 0.15) is 38.4 Å². The van der Waals surface area contributed by atoms with Gasteiger partial charge >= 0.3 is 0 Å². The molecule has 0 aliphatic rings. The summed E-state index contributed by atoms with van der Waals surface area (Å²) in [5, 5.41) is 8.03. The summed E-state index contributed by atoms with van der Waals surface area (Å²) in [7, 11) is 0. The van der Waals surface area contributed by atoms with Gasteiger partial charge < -0.3 is 10.3 Å². The van der Waals surface area contributed by atoms with Crippen molar-refractivity contribution in [3.8, 4) is 0 Å². The minimum atomic E-state index is 0.416. The Morgan fingerprint density at radius 1 is 1.62 bits per heavy atom. The van der Waals surface area contributed by atoms with E-state index in [1.807, 2.05) is 0 Å². The maximum Gasteiger partial charge on any atom is 0.135 e. The molecule has 4 nitrogen and oxygen atoms in total. The Morgan fingerprint density at radius 2 is 2.38 bits per heavy atom. The number of rotatable bonds is 5. The first-order valence-electron chi connectivity index (χ1n) is 4.87. The molecule has 1 aromatic heterocycles. The predicted octanol–water partition coefficient (Wildman–Crippen LogP) is 1.14. The van der Waals surface area contributed by atoms with E-state index >= 15 is 0 Å². The number of hydrogen-bond donors (Lipinski definition) is 1. The second kappa shape index (κ2) is 4.97. The number of hydrogen-bond acceptors (Lipinski definition) is 3. The average Bonchev–Trinajstić information content (AvgIpc) is 2.54. The molecule has 1 heterocycles. The summed E-state index contributed by atoms with van der Waals surface area (Å²) in [6, 6.07) is 0. The molecule has 0 fully saturated rings. The van der Waals surface area contributed by atoms with Gasteiger partial charge in [0.05, 0.1) is 0 Å². The van der Waals surface area contributed by atoms with E-state index in [0.29, 0.717) is 12.5 Å². The van der Waals surface area contributed by atoms with Crippen LogP contribution in [-0.2, 0) is 6.54 Å². The van der Waals surface area contributed by atoms with Crippen LogP contribution < -0.4 is 5.73 Å². The molecule has 0 aromatic carbocycles. The van der Waals surface area contributed by atoms with E-state index < -0.39 is 0 Å². The smallest absolute Gasteiger partial charge is 0.135 e. The van der Waals surface area contributed by atoms with Crippen molar-refractivity contribution < 1.29 is 0 Å². The summed E-state index contributed by atoms with van der Waals surface area (Å²) < 4.78 is 2.11. The van der Waals surface area contributed by atoms with Crippen LogP contribution in [0.25, 0.3) is 0 Å². The molecule has 0 radical (unpaired) electrons. The van der Waals surface area contributed by atoms with Gasteiger partial charge in [0, 0.05) is 12.5 Å². The summed E-state index contributed by atoms with van der Waals surface area (Å²) in [5.74, 6) is 1.48. The second-order valence-corrected chi connectivity index (χ2v) is 3.36. The molecule has 4 heteroatoms. The summed E-state index contributed by atoms with van der Waals surface area (Å²) >= 11 is 0. The lowest BCUT2D eigenvalue weighted by molar-refractivity contribution is 0.569. The van der Waals surface area contributed by atoms with Gasteiger partial charge in [-0.15, -0.1) is 10.2 Å². The van der Waals surface area contributed by atoms with Crippen LogP contribution >= 0.6 is 0 Å². The molecule has 1 rings (SSSR count). The quantitative estimate of drug-likeness (QED) is 0.743.